The lowest BCUT2D eigenvalue weighted by Gasteiger charge is -2.17. The van der Waals surface area contributed by atoms with Gasteiger partial charge in [-0.15, -0.1) is 11.3 Å². The molecular weight excluding hydrogens is 262 g/mol. The lowest BCUT2D eigenvalue weighted by atomic mass is 10.2. The Morgan fingerprint density at radius 1 is 1.59 bits per heavy atom. The molecule has 0 aliphatic heterocycles. The number of thiophene rings is 1. The fourth-order valence-corrected chi connectivity index (χ4v) is 3.36. The molecule has 2 unspecified atom stereocenters. The quantitative estimate of drug-likeness (QED) is 0.827. The normalized spacial score (nSPS) is 15.4. The summed E-state index contributed by atoms with van der Waals surface area (Å²) in [7, 11) is -3.84. The van der Waals surface area contributed by atoms with Crippen LogP contribution in [0.25, 0.3) is 0 Å². The minimum absolute atomic E-state index is 0.359. The molecule has 1 heterocycles. The predicted octanol–water partition coefficient (Wildman–Crippen LogP) is 1.59. The van der Waals surface area contributed by atoms with Gasteiger partial charge in [-0.25, -0.2) is 13.1 Å². The summed E-state index contributed by atoms with van der Waals surface area (Å²) in [6.07, 6.45) is 0.575. The second-order valence-corrected chi connectivity index (χ2v) is 6.63. The van der Waals surface area contributed by atoms with E-state index in [-0.39, 0.29) is 6.04 Å². The molecule has 1 aromatic heterocycles. The van der Waals surface area contributed by atoms with Gasteiger partial charge in [-0.1, -0.05) is 13.0 Å². The standard InChI is InChI=1S/C10H15NO4S2/c1-3-8(9-5-4-6-16-9)11-17(14,15)7(2)10(12)13/h4-8,11H,3H2,1-2H3,(H,12,13). The Morgan fingerprint density at radius 2 is 2.24 bits per heavy atom. The molecule has 1 aromatic rings. The van der Waals surface area contributed by atoms with Gasteiger partial charge < -0.3 is 5.11 Å². The third-order valence-corrected chi connectivity index (χ3v) is 5.15. The molecular formula is C10H15NO4S2. The van der Waals surface area contributed by atoms with Crippen molar-refractivity contribution < 1.29 is 18.3 Å². The first-order chi connectivity index (χ1) is 7.88. The average molecular weight is 277 g/mol. The zero-order valence-corrected chi connectivity index (χ0v) is 11.2. The number of carbonyl (C=O) groups is 1. The average Bonchev–Trinajstić information content (AvgIpc) is 2.78. The predicted molar refractivity (Wildman–Crippen MR) is 66.5 cm³/mol. The maximum Gasteiger partial charge on any atom is 0.323 e. The first kappa shape index (κ1) is 14.1. The van der Waals surface area contributed by atoms with Gasteiger partial charge in [-0.3, -0.25) is 4.79 Å². The molecule has 1 rings (SSSR count). The highest BCUT2D eigenvalue weighted by Crippen LogP contribution is 2.23. The van der Waals surface area contributed by atoms with Crippen LogP contribution in [-0.2, 0) is 14.8 Å². The summed E-state index contributed by atoms with van der Waals surface area (Å²) in [6, 6.07) is 3.30. The smallest absolute Gasteiger partial charge is 0.323 e. The van der Waals surface area contributed by atoms with Gasteiger partial charge in [0.05, 0.1) is 6.04 Å². The van der Waals surface area contributed by atoms with Crippen LogP contribution in [0.3, 0.4) is 0 Å². The maximum absolute atomic E-state index is 11.7. The molecule has 7 heteroatoms. The minimum Gasteiger partial charge on any atom is -0.480 e. The monoisotopic (exact) mass is 277 g/mol. The van der Waals surface area contributed by atoms with Gasteiger partial charge in [0.2, 0.25) is 10.0 Å². The van der Waals surface area contributed by atoms with Crippen LogP contribution in [0.2, 0.25) is 0 Å². The summed E-state index contributed by atoms with van der Waals surface area (Å²) in [5.41, 5.74) is 0. The Morgan fingerprint density at radius 3 is 2.65 bits per heavy atom. The van der Waals surface area contributed by atoms with Crippen molar-refractivity contribution in [1.29, 1.82) is 0 Å². The summed E-state index contributed by atoms with van der Waals surface area (Å²) in [6.45, 7) is 3.00. The second kappa shape index (κ2) is 5.61. The minimum atomic E-state index is -3.84. The Hall–Kier alpha value is -0.920. The first-order valence-corrected chi connectivity index (χ1v) is 7.58. The molecule has 0 aromatic carbocycles. The van der Waals surface area contributed by atoms with E-state index in [4.69, 9.17) is 5.11 Å². The van der Waals surface area contributed by atoms with E-state index in [9.17, 15) is 13.2 Å². The number of hydrogen-bond donors (Lipinski definition) is 2. The van der Waals surface area contributed by atoms with E-state index < -0.39 is 21.2 Å². The van der Waals surface area contributed by atoms with Gasteiger partial charge in [0.15, 0.2) is 5.25 Å². The van der Waals surface area contributed by atoms with E-state index in [1.54, 1.807) is 0 Å². The molecule has 5 nitrogen and oxygen atoms in total. The SMILES string of the molecule is CCC(NS(=O)(=O)C(C)C(=O)O)c1cccs1. The summed E-state index contributed by atoms with van der Waals surface area (Å²) >= 11 is 1.44. The van der Waals surface area contributed by atoms with Gasteiger partial charge in [-0.05, 0) is 24.8 Å². The zero-order valence-electron chi connectivity index (χ0n) is 9.58. The molecule has 0 amide bonds. The second-order valence-electron chi connectivity index (χ2n) is 3.62. The van der Waals surface area contributed by atoms with Crippen LogP contribution >= 0.6 is 11.3 Å². The zero-order chi connectivity index (χ0) is 13.1. The van der Waals surface area contributed by atoms with Crippen molar-refractivity contribution in [2.75, 3.05) is 0 Å². The van der Waals surface area contributed by atoms with Crippen LogP contribution < -0.4 is 4.72 Å². The van der Waals surface area contributed by atoms with Crippen molar-refractivity contribution in [3.63, 3.8) is 0 Å². The van der Waals surface area contributed by atoms with Crippen LogP contribution in [0.4, 0.5) is 0 Å². The molecule has 2 atom stereocenters. The van der Waals surface area contributed by atoms with Crippen LogP contribution in [0, 0.1) is 0 Å². The molecule has 0 spiro atoms. The van der Waals surface area contributed by atoms with E-state index in [1.807, 2.05) is 24.4 Å². The molecule has 2 N–H and O–H groups in total. The van der Waals surface area contributed by atoms with Crippen molar-refractivity contribution in [1.82, 2.24) is 4.72 Å². The number of hydrogen-bond acceptors (Lipinski definition) is 4. The largest absolute Gasteiger partial charge is 0.480 e. The molecule has 0 aliphatic rings. The Kier molecular flexibility index (Phi) is 4.67. The van der Waals surface area contributed by atoms with Crippen molar-refractivity contribution in [2.45, 2.75) is 31.6 Å². The van der Waals surface area contributed by atoms with Crippen LogP contribution in [0.1, 0.15) is 31.2 Å². The highest BCUT2D eigenvalue weighted by molar-refractivity contribution is 7.90. The molecule has 0 bridgehead atoms. The number of carboxylic acids is 1. The van der Waals surface area contributed by atoms with Crippen molar-refractivity contribution in [2.24, 2.45) is 0 Å². The van der Waals surface area contributed by atoms with Gasteiger partial charge >= 0.3 is 5.97 Å². The molecule has 0 radical (unpaired) electrons. The number of rotatable bonds is 6. The molecule has 0 fully saturated rings. The number of aliphatic carboxylic acids is 1. The summed E-state index contributed by atoms with van der Waals surface area (Å²) in [4.78, 5) is 11.6. The highest BCUT2D eigenvalue weighted by atomic mass is 32.2. The number of nitrogens with one attached hydrogen (secondary N) is 1. The van der Waals surface area contributed by atoms with Crippen LogP contribution in [-0.4, -0.2) is 24.7 Å². The molecule has 0 aliphatic carbocycles. The van der Waals surface area contributed by atoms with Gasteiger partial charge in [0, 0.05) is 4.88 Å². The first-order valence-electron chi connectivity index (χ1n) is 5.15. The van der Waals surface area contributed by atoms with Crippen LogP contribution in [0.15, 0.2) is 17.5 Å². The Labute approximate surface area is 105 Å². The Bertz CT molecular complexity index is 467. The third kappa shape index (κ3) is 3.52. The van der Waals surface area contributed by atoms with E-state index in [1.165, 1.54) is 11.3 Å². The Balaban J connectivity index is 2.86. The highest BCUT2D eigenvalue weighted by Gasteiger charge is 2.30. The molecule has 0 saturated carbocycles. The fraction of sp³-hybridized carbons (Fsp3) is 0.500. The molecule has 17 heavy (non-hydrogen) atoms. The summed E-state index contributed by atoms with van der Waals surface area (Å²) < 4.78 is 25.9. The van der Waals surface area contributed by atoms with E-state index >= 15 is 0 Å². The van der Waals surface area contributed by atoms with Crippen molar-refractivity contribution >= 4 is 27.3 Å². The van der Waals surface area contributed by atoms with Crippen molar-refractivity contribution in [3.8, 4) is 0 Å². The van der Waals surface area contributed by atoms with E-state index in [0.29, 0.717) is 6.42 Å². The molecule has 96 valence electrons. The number of sulfonamides is 1. The van der Waals surface area contributed by atoms with Gasteiger partial charge in [0.1, 0.15) is 0 Å². The lowest BCUT2D eigenvalue weighted by Crippen LogP contribution is -2.39. The van der Waals surface area contributed by atoms with Crippen LogP contribution in [0.5, 0.6) is 0 Å². The summed E-state index contributed by atoms with van der Waals surface area (Å²) in [5.74, 6) is -1.35. The van der Waals surface area contributed by atoms with E-state index in [0.717, 1.165) is 11.8 Å². The van der Waals surface area contributed by atoms with Crippen molar-refractivity contribution in [3.05, 3.63) is 22.4 Å². The van der Waals surface area contributed by atoms with E-state index in [2.05, 4.69) is 4.72 Å². The molecule has 0 saturated heterocycles. The topological polar surface area (TPSA) is 83.5 Å². The summed E-state index contributed by atoms with van der Waals surface area (Å²) in [5, 5.41) is 9.12. The fourth-order valence-electron chi connectivity index (χ4n) is 1.27. The third-order valence-electron chi connectivity index (χ3n) is 2.41. The number of carboxylic acid groups (broad SMARTS) is 1. The lowest BCUT2D eigenvalue weighted by molar-refractivity contribution is -0.136. The maximum atomic E-state index is 11.7. The van der Waals surface area contributed by atoms with Gasteiger partial charge in [0.25, 0.3) is 0 Å². The van der Waals surface area contributed by atoms with Gasteiger partial charge in [-0.2, -0.15) is 0 Å².